The fourth-order valence-corrected chi connectivity index (χ4v) is 3.21. The van der Waals surface area contributed by atoms with Gasteiger partial charge in [0, 0.05) is 5.69 Å². The molecule has 0 spiro atoms. The standard InChI is InChI=1S/C23H24N2S/c1-16-8-7-11-20(14-16)22(19-9-5-4-6-10-19)25-23(26)24-21-13-12-17(2)18(3)15-21/h4-15,22H,1-3H3,(H2,24,25,26)/t22-/m0/s1. The molecule has 0 amide bonds. The van der Waals surface area contributed by atoms with Crippen molar-refractivity contribution in [3.05, 3.63) is 101 Å². The molecule has 0 aliphatic rings. The van der Waals surface area contributed by atoms with Crippen molar-refractivity contribution in [3.8, 4) is 0 Å². The number of hydrogen-bond donors (Lipinski definition) is 2. The van der Waals surface area contributed by atoms with E-state index >= 15 is 0 Å². The summed E-state index contributed by atoms with van der Waals surface area (Å²) in [7, 11) is 0. The molecule has 2 N–H and O–H groups in total. The molecule has 3 aromatic carbocycles. The second-order valence-corrected chi connectivity index (χ2v) is 7.06. The zero-order valence-electron chi connectivity index (χ0n) is 15.4. The molecule has 0 saturated carbocycles. The van der Waals surface area contributed by atoms with Crippen LogP contribution in [0.3, 0.4) is 0 Å². The lowest BCUT2D eigenvalue weighted by atomic mass is 9.97. The number of nitrogens with one attached hydrogen (secondary N) is 2. The molecular formula is C23H24N2S. The zero-order valence-corrected chi connectivity index (χ0v) is 16.2. The molecule has 0 aliphatic heterocycles. The second kappa shape index (κ2) is 8.15. The van der Waals surface area contributed by atoms with Crippen LogP contribution in [0.4, 0.5) is 5.69 Å². The van der Waals surface area contributed by atoms with E-state index in [9.17, 15) is 0 Å². The van der Waals surface area contributed by atoms with Gasteiger partial charge in [0.1, 0.15) is 0 Å². The van der Waals surface area contributed by atoms with Crippen molar-refractivity contribution in [1.29, 1.82) is 0 Å². The first kappa shape index (κ1) is 18.2. The van der Waals surface area contributed by atoms with Crippen molar-refractivity contribution in [3.63, 3.8) is 0 Å². The van der Waals surface area contributed by atoms with Crippen LogP contribution in [0, 0.1) is 20.8 Å². The van der Waals surface area contributed by atoms with Crippen molar-refractivity contribution < 1.29 is 0 Å². The average molecular weight is 361 g/mol. The fraction of sp³-hybridized carbons (Fsp3) is 0.174. The molecule has 3 aromatic rings. The van der Waals surface area contributed by atoms with Crippen LogP contribution in [0.5, 0.6) is 0 Å². The highest BCUT2D eigenvalue weighted by Crippen LogP contribution is 2.23. The lowest BCUT2D eigenvalue weighted by Gasteiger charge is -2.22. The Morgan fingerprint density at radius 2 is 1.50 bits per heavy atom. The van der Waals surface area contributed by atoms with Gasteiger partial charge in [0.2, 0.25) is 0 Å². The fourth-order valence-electron chi connectivity index (χ4n) is 2.97. The Hall–Kier alpha value is -2.65. The van der Waals surface area contributed by atoms with E-state index in [-0.39, 0.29) is 6.04 Å². The minimum atomic E-state index is 0.00245. The first-order valence-corrected chi connectivity index (χ1v) is 9.20. The van der Waals surface area contributed by atoms with Crippen molar-refractivity contribution in [2.75, 3.05) is 5.32 Å². The Bertz CT molecular complexity index is 903. The molecule has 0 radical (unpaired) electrons. The van der Waals surface area contributed by atoms with E-state index in [1.54, 1.807) is 0 Å². The molecule has 0 saturated heterocycles. The average Bonchev–Trinajstić information content (AvgIpc) is 2.63. The van der Waals surface area contributed by atoms with Gasteiger partial charge in [0.25, 0.3) is 0 Å². The van der Waals surface area contributed by atoms with Crippen molar-refractivity contribution >= 4 is 23.0 Å². The van der Waals surface area contributed by atoms with Gasteiger partial charge in [-0.25, -0.2) is 0 Å². The summed E-state index contributed by atoms with van der Waals surface area (Å²) in [5.41, 5.74) is 7.13. The van der Waals surface area contributed by atoms with Crippen LogP contribution in [0.15, 0.2) is 72.8 Å². The van der Waals surface area contributed by atoms with E-state index in [2.05, 4.69) is 98.1 Å². The highest BCUT2D eigenvalue weighted by Gasteiger charge is 2.15. The molecule has 132 valence electrons. The third-order valence-corrected chi connectivity index (χ3v) is 4.77. The minimum Gasteiger partial charge on any atom is -0.352 e. The Morgan fingerprint density at radius 3 is 2.19 bits per heavy atom. The lowest BCUT2D eigenvalue weighted by molar-refractivity contribution is 0.767. The van der Waals surface area contributed by atoms with Crippen LogP contribution in [0.1, 0.15) is 33.9 Å². The summed E-state index contributed by atoms with van der Waals surface area (Å²) in [5.74, 6) is 0. The third kappa shape index (κ3) is 4.50. The first-order valence-electron chi connectivity index (χ1n) is 8.79. The van der Waals surface area contributed by atoms with E-state index in [1.807, 2.05) is 6.07 Å². The molecule has 3 heteroatoms. The van der Waals surface area contributed by atoms with E-state index in [1.165, 1.54) is 27.8 Å². The molecule has 26 heavy (non-hydrogen) atoms. The van der Waals surface area contributed by atoms with Crippen LogP contribution in [-0.2, 0) is 0 Å². The van der Waals surface area contributed by atoms with Gasteiger partial charge in [-0.15, -0.1) is 0 Å². The summed E-state index contributed by atoms with van der Waals surface area (Å²) < 4.78 is 0. The first-order chi connectivity index (χ1) is 12.5. The Kier molecular flexibility index (Phi) is 5.69. The van der Waals surface area contributed by atoms with E-state index in [4.69, 9.17) is 12.2 Å². The quantitative estimate of drug-likeness (QED) is 0.585. The molecule has 0 fully saturated rings. The summed E-state index contributed by atoms with van der Waals surface area (Å²) in [6.45, 7) is 6.33. The molecule has 0 bridgehead atoms. The van der Waals surface area contributed by atoms with Gasteiger partial charge >= 0.3 is 0 Å². The maximum absolute atomic E-state index is 5.60. The second-order valence-electron chi connectivity index (χ2n) is 6.66. The lowest BCUT2D eigenvalue weighted by Crippen LogP contribution is -2.33. The number of anilines is 1. The van der Waals surface area contributed by atoms with Crippen molar-refractivity contribution in [2.24, 2.45) is 0 Å². The maximum Gasteiger partial charge on any atom is 0.171 e. The molecule has 3 rings (SSSR count). The normalized spacial score (nSPS) is 11.7. The highest BCUT2D eigenvalue weighted by atomic mass is 32.1. The van der Waals surface area contributed by atoms with Crippen molar-refractivity contribution in [1.82, 2.24) is 5.32 Å². The summed E-state index contributed by atoms with van der Waals surface area (Å²) >= 11 is 5.60. The topological polar surface area (TPSA) is 24.1 Å². The molecule has 0 heterocycles. The predicted molar refractivity (Wildman–Crippen MR) is 115 cm³/mol. The Balaban J connectivity index is 1.83. The van der Waals surface area contributed by atoms with Gasteiger partial charge in [-0.05, 0) is 67.4 Å². The summed E-state index contributed by atoms with van der Waals surface area (Å²) in [6, 6.07) is 25.2. The van der Waals surface area contributed by atoms with E-state index in [0.29, 0.717) is 5.11 Å². The van der Waals surface area contributed by atoms with Crippen LogP contribution in [-0.4, -0.2) is 5.11 Å². The predicted octanol–water partition coefficient (Wildman–Crippen LogP) is 5.69. The van der Waals surface area contributed by atoms with E-state index < -0.39 is 0 Å². The largest absolute Gasteiger partial charge is 0.352 e. The summed E-state index contributed by atoms with van der Waals surface area (Å²) in [6.07, 6.45) is 0. The van der Waals surface area contributed by atoms with E-state index in [0.717, 1.165) is 5.69 Å². The zero-order chi connectivity index (χ0) is 18.5. The van der Waals surface area contributed by atoms with Crippen LogP contribution < -0.4 is 10.6 Å². The minimum absolute atomic E-state index is 0.00245. The SMILES string of the molecule is Cc1cccc([C@@H](NC(=S)Nc2ccc(C)c(C)c2)c2ccccc2)c1. The Morgan fingerprint density at radius 1 is 0.769 bits per heavy atom. The smallest absolute Gasteiger partial charge is 0.171 e. The van der Waals surface area contributed by atoms with Crippen molar-refractivity contribution in [2.45, 2.75) is 26.8 Å². The van der Waals surface area contributed by atoms with Gasteiger partial charge in [-0.1, -0.05) is 66.2 Å². The summed E-state index contributed by atoms with van der Waals surface area (Å²) in [5, 5.41) is 7.41. The maximum atomic E-state index is 5.60. The monoisotopic (exact) mass is 360 g/mol. The third-order valence-electron chi connectivity index (χ3n) is 4.55. The molecule has 0 aromatic heterocycles. The number of hydrogen-bond acceptors (Lipinski definition) is 1. The van der Waals surface area contributed by atoms with Gasteiger partial charge in [0.05, 0.1) is 6.04 Å². The van der Waals surface area contributed by atoms with Gasteiger partial charge in [0.15, 0.2) is 5.11 Å². The molecule has 2 nitrogen and oxygen atoms in total. The Labute approximate surface area is 161 Å². The van der Waals surface area contributed by atoms with Gasteiger partial charge in [-0.2, -0.15) is 0 Å². The molecule has 1 atom stereocenters. The molecule has 0 unspecified atom stereocenters. The summed E-state index contributed by atoms with van der Waals surface area (Å²) in [4.78, 5) is 0. The molecule has 0 aliphatic carbocycles. The van der Waals surface area contributed by atoms with Gasteiger partial charge < -0.3 is 10.6 Å². The molecular weight excluding hydrogens is 336 g/mol. The number of thiocarbonyl (C=S) groups is 1. The van der Waals surface area contributed by atoms with Crippen LogP contribution in [0.25, 0.3) is 0 Å². The van der Waals surface area contributed by atoms with Crippen LogP contribution >= 0.6 is 12.2 Å². The van der Waals surface area contributed by atoms with Crippen LogP contribution in [0.2, 0.25) is 0 Å². The number of benzene rings is 3. The highest BCUT2D eigenvalue weighted by molar-refractivity contribution is 7.80. The number of aryl methyl sites for hydroxylation is 3. The van der Waals surface area contributed by atoms with Gasteiger partial charge in [-0.3, -0.25) is 0 Å². The number of rotatable bonds is 4.